The lowest BCUT2D eigenvalue weighted by molar-refractivity contribution is -0.277. The maximum absolute atomic E-state index is 12.4. The van der Waals surface area contributed by atoms with Gasteiger partial charge in [0.25, 0.3) is 0 Å². The molecule has 0 radical (unpaired) electrons. The fourth-order valence-corrected chi connectivity index (χ4v) is 5.36. The van der Waals surface area contributed by atoms with Crippen LogP contribution in [0.5, 0.6) is 5.75 Å². The lowest BCUT2D eigenvalue weighted by Gasteiger charge is -2.39. The number of nitrogens with one attached hydrogen (secondary N) is 1. The number of benzene rings is 1. The minimum absolute atomic E-state index is 0.0836. The molecule has 6 N–H and O–H groups in total. The SMILES string of the molecule is CCCCCCCCCCCCCCCCCC(=O)N[C@@H](Cc1ccc(O[C@@H]2O[C@H](CO)[C@@H](O)[C@H](O)[C@H]2O)cc1)C(=O)O. The van der Waals surface area contributed by atoms with E-state index in [9.17, 15) is 35.1 Å². The Morgan fingerprint density at radius 3 is 1.79 bits per heavy atom. The van der Waals surface area contributed by atoms with Crippen molar-refractivity contribution in [2.45, 2.75) is 153 Å². The normalized spacial score (nSPS) is 22.7. The molecular formula is C33H55NO9. The molecule has 43 heavy (non-hydrogen) atoms. The van der Waals surface area contributed by atoms with E-state index in [0.29, 0.717) is 12.0 Å². The molecule has 246 valence electrons. The Balaban J connectivity index is 1.60. The minimum atomic E-state index is -1.55. The molecule has 2 rings (SSSR count). The number of aliphatic hydroxyl groups is 4. The third-order valence-electron chi connectivity index (χ3n) is 8.10. The molecular weight excluding hydrogens is 554 g/mol. The van der Waals surface area contributed by atoms with E-state index in [1.54, 1.807) is 24.3 Å². The summed E-state index contributed by atoms with van der Waals surface area (Å²) in [4.78, 5) is 24.2. The van der Waals surface area contributed by atoms with Gasteiger partial charge >= 0.3 is 5.97 Å². The molecule has 0 bridgehead atoms. The standard InChI is InChI=1S/C33H55NO9/c1-2-3-4-5-6-7-8-9-10-11-12-13-14-15-16-17-28(36)34-26(32(40)41)22-24-18-20-25(21-19-24)42-33-31(39)30(38)29(37)27(23-35)43-33/h18-21,26-27,29-31,33,35,37-39H,2-17,22-23H2,1H3,(H,34,36)(H,40,41)/t26-,27+,29+,30-,31+,33+/m0/s1. The number of carboxylic acids is 1. The number of aliphatic carboxylic acids is 1. The molecule has 1 amide bonds. The maximum atomic E-state index is 12.4. The zero-order chi connectivity index (χ0) is 31.5. The van der Waals surface area contributed by atoms with Crippen molar-refractivity contribution >= 4 is 11.9 Å². The second-order valence-corrected chi connectivity index (χ2v) is 11.8. The molecule has 10 heteroatoms. The van der Waals surface area contributed by atoms with Crippen LogP contribution in [0.25, 0.3) is 0 Å². The third kappa shape index (κ3) is 14.4. The summed E-state index contributed by atoms with van der Waals surface area (Å²) >= 11 is 0. The fraction of sp³-hybridized carbons (Fsp3) is 0.758. The van der Waals surface area contributed by atoms with Gasteiger partial charge in [-0.1, -0.05) is 109 Å². The van der Waals surface area contributed by atoms with Crippen LogP contribution in [0.4, 0.5) is 0 Å². The van der Waals surface area contributed by atoms with Crippen molar-refractivity contribution in [2.75, 3.05) is 6.61 Å². The Morgan fingerprint density at radius 1 is 0.791 bits per heavy atom. The van der Waals surface area contributed by atoms with E-state index >= 15 is 0 Å². The van der Waals surface area contributed by atoms with Gasteiger partial charge in [-0.3, -0.25) is 4.79 Å². The molecule has 1 fully saturated rings. The summed E-state index contributed by atoms with van der Waals surface area (Å²) in [6.45, 7) is 1.68. The lowest BCUT2D eigenvalue weighted by atomic mass is 9.99. The van der Waals surface area contributed by atoms with E-state index in [2.05, 4.69) is 12.2 Å². The summed E-state index contributed by atoms with van der Waals surface area (Å²) in [6.07, 6.45) is 12.0. The maximum Gasteiger partial charge on any atom is 0.326 e. The highest BCUT2D eigenvalue weighted by atomic mass is 16.7. The first-order valence-corrected chi connectivity index (χ1v) is 16.3. The number of carboxylic acid groups (broad SMARTS) is 1. The molecule has 0 aliphatic carbocycles. The van der Waals surface area contributed by atoms with Gasteiger partial charge in [-0.05, 0) is 24.1 Å². The Labute approximate surface area is 256 Å². The summed E-state index contributed by atoms with van der Waals surface area (Å²) in [7, 11) is 0. The van der Waals surface area contributed by atoms with Gasteiger partial charge in [-0.25, -0.2) is 4.79 Å². The van der Waals surface area contributed by atoms with Gasteiger partial charge in [-0.15, -0.1) is 0 Å². The Bertz CT molecular complexity index is 895. The Morgan fingerprint density at radius 2 is 1.30 bits per heavy atom. The van der Waals surface area contributed by atoms with Crippen LogP contribution in [-0.4, -0.2) is 80.8 Å². The van der Waals surface area contributed by atoms with E-state index < -0.39 is 49.3 Å². The monoisotopic (exact) mass is 609 g/mol. The first-order valence-electron chi connectivity index (χ1n) is 16.3. The highest BCUT2D eigenvalue weighted by molar-refractivity contribution is 5.83. The van der Waals surface area contributed by atoms with Gasteiger partial charge < -0.3 is 40.3 Å². The molecule has 1 saturated heterocycles. The lowest BCUT2D eigenvalue weighted by Crippen LogP contribution is -2.60. The summed E-state index contributed by atoms with van der Waals surface area (Å²) in [5, 5.41) is 51.5. The second kappa shape index (κ2) is 21.5. The van der Waals surface area contributed by atoms with Gasteiger partial charge in [0.1, 0.15) is 36.2 Å². The molecule has 1 aromatic rings. The number of ether oxygens (including phenoxy) is 2. The van der Waals surface area contributed by atoms with Crippen LogP contribution in [-0.2, 0) is 20.7 Å². The van der Waals surface area contributed by atoms with E-state index in [0.717, 1.165) is 19.3 Å². The van der Waals surface area contributed by atoms with Crippen LogP contribution in [0.2, 0.25) is 0 Å². The van der Waals surface area contributed by atoms with Crippen LogP contribution >= 0.6 is 0 Å². The number of unbranched alkanes of at least 4 members (excludes halogenated alkanes) is 14. The molecule has 1 heterocycles. The average molecular weight is 610 g/mol. The average Bonchev–Trinajstić information content (AvgIpc) is 2.99. The zero-order valence-corrected chi connectivity index (χ0v) is 25.9. The van der Waals surface area contributed by atoms with Gasteiger partial charge in [-0.2, -0.15) is 0 Å². The first kappa shape index (κ1) is 36.9. The predicted molar refractivity (Wildman–Crippen MR) is 164 cm³/mol. The smallest absolute Gasteiger partial charge is 0.326 e. The Kier molecular flexibility index (Phi) is 18.4. The van der Waals surface area contributed by atoms with Crippen LogP contribution in [0.3, 0.4) is 0 Å². The number of hydrogen-bond acceptors (Lipinski definition) is 8. The summed E-state index contributed by atoms with van der Waals surface area (Å²) in [6, 6.07) is 5.30. The fourth-order valence-electron chi connectivity index (χ4n) is 5.36. The van der Waals surface area contributed by atoms with Crippen LogP contribution < -0.4 is 10.1 Å². The van der Waals surface area contributed by atoms with E-state index in [-0.39, 0.29) is 18.1 Å². The third-order valence-corrected chi connectivity index (χ3v) is 8.10. The first-order chi connectivity index (χ1) is 20.8. The van der Waals surface area contributed by atoms with Crippen molar-refractivity contribution in [1.29, 1.82) is 0 Å². The zero-order valence-electron chi connectivity index (χ0n) is 25.9. The topological polar surface area (TPSA) is 166 Å². The second-order valence-electron chi connectivity index (χ2n) is 11.8. The largest absolute Gasteiger partial charge is 0.480 e. The van der Waals surface area contributed by atoms with Gasteiger partial charge in [0.05, 0.1) is 6.61 Å². The van der Waals surface area contributed by atoms with Gasteiger partial charge in [0.2, 0.25) is 12.2 Å². The van der Waals surface area contributed by atoms with Crippen LogP contribution in [0.15, 0.2) is 24.3 Å². The highest BCUT2D eigenvalue weighted by Gasteiger charge is 2.44. The summed E-state index contributed by atoms with van der Waals surface area (Å²) < 4.78 is 10.9. The molecule has 10 nitrogen and oxygen atoms in total. The number of hydrogen-bond donors (Lipinski definition) is 6. The number of rotatable bonds is 23. The van der Waals surface area contributed by atoms with Gasteiger partial charge in [0.15, 0.2) is 0 Å². The number of carbonyl (C=O) groups excluding carboxylic acids is 1. The molecule has 1 aliphatic heterocycles. The minimum Gasteiger partial charge on any atom is -0.480 e. The van der Waals surface area contributed by atoms with Crippen molar-refractivity contribution in [3.8, 4) is 5.75 Å². The predicted octanol–water partition coefficient (Wildman–Crippen LogP) is 4.24. The highest BCUT2D eigenvalue weighted by Crippen LogP contribution is 2.25. The summed E-state index contributed by atoms with van der Waals surface area (Å²) in [5.74, 6) is -1.12. The van der Waals surface area contributed by atoms with E-state index in [1.807, 2.05) is 0 Å². The van der Waals surface area contributed by atoms with Crippen molar-refractivity contribution in [3.05, 3.63) is 29.8 Å². The molecule has 0 unspecified atom stereocenters. The van der Waals surface area contributed by atoms with Crippen molar-refractivity contribution in [2.24, 2.45) is 0 Å². The van der Waals surface area contributed by atoms with Crippen molar-refractivity contribution in [3.63, 3.8) is 0 Å². The molecule has 1 aromatic carbocycles. The van der Waals surface area contributed by atoms with Gasteiger partial charge in [0, 0.05) is 12.8 Å². The van der Waals surface area contributed by atoms with Crippen molar-refractivity contribution < 1.29 is 44.6 Å². The molecule has 0 saturated carbocycles. The van der Waals surface area contributed by atoms with Crippen LogP contribution in [0.1, 0.15) is 115 Å². The number of aliphatic hydroxyl groups excluding tert-OH is 4. The summed E-state index contributed by atoms with van der Waals surface area (Å²) in [5.41, 5.74) is 0.654. The molecule has 1 aliphatic rings. The quantitative estimate of drug-likeness (QED) is 0.0995. The number of amides is 1. The Hall–Kier alpha value is -2.24. The van der Waals surface area contributed by atoms with Crippen LogP contribution in [0, 0.1) is 0 Å². The molecule has 0 spiro atoms. The van der Waals surface area contributed by atoms with E-state index in [1.165, 1.54) is 77.0 Å². The van der Waals surface area contributed by atoms with E-state index in [4.69, 9.17) is 9.47 Å². The molecule has 0 aromatic heterocycles. The molecule has 6 atom stereocenters. The van der Waals surface area contributed by atoms with Crippen molar-refractivity contribution in [1.82, 2.24) is 5.32 Å². The number of carbonyl (C=O) groups is 2.